The summed E-state index contributed by atoms with van der Waals surface area (Å²) in [5.41, 5.74) is 3.98. The zero-order valence-corrected chi connectivity index (χ0v) is 17.3. The molecule has 0 saturated carbocycles. The van der Waals surface area contributed by atoms with E-state index in [1.165, 1.54) is 17.8 Å². The summed E-state index contributed by atoms with van der Waals surface area (Å²) in [5, 5.41) is 3.29. The number of para-hydroxylation sites is 1. The summed E-state index contributed by atoms with van der Waals surface area (Å²) >= 11 is 5.61. The number of allylic oxidation sites excluding steroid dienone is 1. The van der Waals surface area contributed by atoms with Gasteiger partial charge in [-0.25, -0.2) is 4.39 Å². The van der Waals surface area contributed by atoms with Crippen molar-refractivity contribution >= 4 is 40.5 Å². The highest BCUT2D eigenvalue weighted by Gasteiger charge is 2.21. The van der Waals surface area contributed by atoms with Crippen molar-refractivity contribution in [2.75, 3.05) is 41.3 Å². The van der Waals surface area contributed by atoms with Crippen LogP contribution in [0.1, 0.15) is 13.3 Å². The summed E-state index contributed by atoms with van der Waals surface area (Å²) in [7, 11) is 0. The Morgan fingerprint density at radius 1 is 1.07 bits per heavy atom. The van der Waals surface area contributed by atoms with Crippen LogP contribution in [0, 0.1) is 5.82 Å². The van der Waals surface area contributed by atoms with Gasteiger partial charge in [-0.2, -0.15) is 0 Å². The van der Waals surface area contributed by atoms with Gasteiger partial charge in [-0.15, -0.1) is 0 Å². The van der Waals surface area contributed by atoms with E-state index in [0.717, 1.165) is 49.5 Å². The maximum atomic E-state index is 14.0. The van der Waals surface area contributed by atoms with Crippen LogP contribution in [0.5, 0.6) is 0 Å². The average molecular weight is 409 g/mol. The Bertz CT molecular complexity index is 933. The van der Waals surface area contributed by atoms with Crippen LogP contribution in [-0.2, 0) is 0 Å². The Kier molecular flexibility index (Phi) is 5.90. The quantitative estimate of drug-likeness (QED) is 0.744. The van der Waals surface area contributed by atoms with Gasteiger partial charge in [0.15, 0.2) is 0 Å². The predicted molar refractivity (Wildman–Crippen MR) is 124 cm³/mol. The molecule has 0 bridgehead atoms. The molecule has 1 saturated heterocycles. The first-order valence-corrected chi connectivity index (χ1v) is 10.4. The Morgan fingerprint density at radius 2 is 1.79 bits per heavy atom. The zero-order chi connectivity index (χ0) is 20.2. The summed E-state index contributed by atoms with van der Waals surface area (Å²) in [5.74, 6) is -0.269. The fourth-order valence-corrected chi connectivity index (χ4v) is 4.08. The standard InChI is InChI=1S/C23H25FN4S/c1-17-15-18(9-10-25-17)23(29)26-21-16-19(24)7-8-22(21)28-13-11-27(12-14-28)20-5-3-2-4-6-20/h2-10,16-17H,11-15H2,1H3,(H,26,29). The molecule has 2 heterocycles. The van der Waals surface area contributed by atoms with Gasteiger partial charge >= 0.3 is 0 Å². The molecule has 1 atom stereocenters. The Hall–Kier alpha value is -2.73. The van der Waals surface area contributed by atoms with Crippen molar-refractivity contribution in [3.05, 3.63) is 66.0 Å². The van der Waals surface area contributed by atoms with Crippen molar-refractivity contribution in [2.24, 2.45) is 4.99 Å². The molecule has 2 aromatic carbocycles. The van der Waals surface area contributed by atoms with Gasteiger partial charge < -0.3 is 15.1 Å². The molecule has 2 aliphatic heterocycles. The Labute approximate surface area is 176 Å². The van der Waals surface area contributed by atoms with E-state index in [-0.39, 0.29) is 11.9 Å². The van der Waals surface area contributed by atoms with Crippen molar-refractivity contribution in [1.29, 1.82) is 0 Å². The third-order valence-corrected chi connectivity index (χ3v) is 5.74. The van der Waals surface area contributed by atoms with Crippen LogP contribution in [-0.4, -0.2) is 43.4 Å². The number of aliphatic imine (C=N–C) groups is 1. The SMILES string of the molecule is CC1CC(C(=S)Nc2cc(F)ccc2N2CCN(c3ccccc3)CC2)=CC=N1. The lowest BCUT2D eigenvalue weighted by molar-refractivity contribution is 0.625. The summed E-state index contributed by atoms with van der Waals surface area (Å²) in [6.07, 6.45) is 4.53. The van der Waals surface area contributed by atoms with Crippen molar-refractivity contribution in [1.82, 2.24) is 0 Å². The largest absolute Gasteiger partial charge is 0.368 e. The molecule has 4 rings (SSSR count). The molecule has 0 aromatic heterocycles. The fraction of sp³-hybridized carbons (Fsp3) is 0.304. The highest BCUT2D eigenvalue weighted by molar-refractivity contribution is 7.81. The van der Waals surface area contributed by atoms with E-state index in [4.69, 9.17) is 12.2 Å². The van der Waals surface area contributed by atoms with Crippen LogP contribution in [0.15, 0.2) is 65.2 Å². The first kappa shape index (κ1) is 19.6. The number of dihydropyridines is 1. The monoisotopic (exact) mass is 408 g/mol. The minimum absolute atomic E-state index is 0.216. The van der Waals surface area contributed by atoms with E-state index in [2.05, 4.69) is 51.3 Å². The van der Waals surface area contributed by atoms with E-state index in [0.29, 0.717) is 4.99 Å². The minimum Gasteiger partial charge on any atom is -0.368 e. The van der Waals surface area contributed by atoms with Crippen molar-refractivity contribution in [3.8, 4) is 0 Å². The molecular weight excluding hydrogens is 383 g/mol. The Balaban J connectivity index is 1.48. The van der Waals surface area contributed by atoms with E-state index < -0.39 is 0 Å². The highest BCUT2D eigenvalue weighted by Crippen LogP contribution is 2.30. The second-order valence-corrected chi connectivity index (χ2v) is 7.88. The summed E-state index contributed by atoms with van der Waals surface area (Å²) in [4.78, 5) is 9.66. The first-order chi connectivity index (χ1) is 14.1. The van der Waals surface area contributed by atoms with Gasteiger partial charge in [0.25, 0.3) is 0 Å². The van der Waals surface area contributed by atoms with Crippen LogP contribution in [0.3, 0.4) is 0 Å². The number of rotatable bonds is 4. The number of benzene rings is 2. The van der Waals surface area contributed by atoms with Crippen LogP contribution < -0.4 is 15.1 Å². The molecule has 2 aliphatic rings. The molecule has 1 unspecified atom stereocenters. The summed E-state index contributed by atoms with van der Waals surface area (Å²) in [6, 6.07) is 15.6. The molecule has 2 aromatic rings. The van der Waals surface area contributed by atoms with Crippen molar-refractivity contribution in [3.63, 3.8) is 0 Å². The van der Waals surface area contributed by atoms with Crippen molar-refractivity contribution < 1.29 is 4.39 Å². The third-order valence-electron chi connectivity index (χ3n) is 5.37. The molecule has 29 heavy (non-hydrogen) atoms. The molecule has 0 radical (unpaired) electrons. The van der Waals surface area contributed by atoms with Gasteiger partial charge in [0.05, 0.1) is 17.4 Å². The molecule has 1 fully saturated rings. The lowest BCUT2D eigenvalue weighted by Gasteiger charge is -2.38. The number of thiocarbonyl (C=S) groups is 1. The predicted octanol–water partition coefficient (Wildman–Crippen LogP) is 4.68. The van der Waals surface area contributed by atoms with Gasteiger partial charge in [0.2, 0.25) is 0 Å². The van der Waals surface area contributed by atoms with Crippen molar-refractivity contribution in [2.45, 2.75) is 19.4 Å². The summed E-state index contributed by atoms with van der Waals surface area (Å²) < 4.78 is 14.0. The lowest BCUT2D eigenvalue weighted by Crippen LogP contribution is -2.46. The highest BCUT2D eigenvalue weighted by atomic mass is 32.1. The second-order valence-electron chi connectivity index (χ2n) is 7.47. The molecule has 0 aliphatic carbocycles. The molecule has 150 valence electrons. The fourth-order valence-electron chi connectivity index (χ4n) is 3.82. The number of hydrogen-bond donors (Lipinski definition) is 1. The molecule has 0 spiro atoms. The summed E-state index contributed by atoms with van der Waals surface area (Å²) in [6.45, 7) is 5.64. The van der Waals surface area contributed by atoms with Gasteiger partial charge in [-0.1, -0.05) is 30.4 Å². The molecule has 4 nitrogen and oxygen atoms in total. The van der Waals surface area contributed by atoms with Gasteiger partial charge in [0, 0.05) is 38.1 Å². The average Bonchev–Trinajstić information content (AvgIpc) is 2.75. The number of anilines is 3. The van der Waals surface area contributed by atoms with Gasteiger partial charge in [-0.3, -0.25) is 4.99 Å². The zero-order valence-electron chi connectivity index (χ0n) is 16.5. The van der Waals surface area contributed by atoms with Crippen LogP contribution in [0.2, 0.25) is 0 Å². The molecule has 6 heteroatoms. The van der Waals surface area contributed by atoms with Crippen LogP contribution >= 0.6 is 12.2 Å². The minimum atomic E-state index is -0.269. The maximum Gasteiger partial charge on any atom is 0.125 e. The van der Waals surface area contributed by atoms with E-state index in [1.807, 2.05) is 18.2 Å². The topological polar surface area (TPSA) is 30.9 Å². The smallest absolute Gasteiger partial charge is 0.125 e. The number of piperazine rings is 1. The number of hydrogen-bond acceptors (Lipinski definition) is 4. The van der Waals surface area contributed by atoms with Gasteiger partial charge in [-0.05, 0) is 55.3 Å². The van der Waals surface area contributed by atoms with Gasteiger partial charge in [0.1, 0.15) is 10.8 Å². The Morgan fingerprint density at radius 3 is 2.52 bits per heavy atom. The normalized spacial score (nSPS) is 19.1. The number of nitrogens with one attached hydrogen (secondary N) is 1. The molecule has 1 N–H and O–H groups in total. The number of nitrogens with zero attached hydrogens (tertiary/aromatic N) is 3. The number of halogens is 1. The first-order valence-electron chi connectivity index (χ1n) is 9.98. The second kappa shape index (κ2) is 8.74. The van der Waals surface area contributed by atoms with Crippen LogP contribution in [0.4, 0.5) is 21.5 Å². The maximum absolute atomic E-state index is 14.0. The van der Waals surface area contributed by atoms with E-state index in [9.17, 15) is 4.39 Å². The van der Waals surface area contributed by atoms with E-state index >= 15 is 0 Å². The lowest BCUT2D eigenvalue weighted by atomic mass is 10.0. The third kappa shape index (κ3) is 4.65. The molecule has 0 amide bonds. The molecular formula is C23H25FN4S. The van der Waals surface area contributed by atoms with E-state index in [1.54, 1.807) is 6.21 Å². The van der Waals surface area contributed by atoms with Crippen LogP contribution in [0.25, 0.3) is 0 Å².